The van der Waals surface area contributed by atoms with E-state index in [1.807, 2.05) is 66.3 Å². The van der Waals surface area contributed by atoms with E-state index in [2.05, 4.69) is 10.3 Å². The molecule has 134 valence electrons. The van der Waals surface area contributed by atoms with Gasteiger partial charge in [-0.3, -0.25) is 4.79 Å². The second kappa shape index (κ2) is 8.58. The lowest BCUT2D eigenvalue weighted by molar-refractivity contribution is 0.0951. The van der Waals surface area contributed by atoms with Gasteiger partial charge in [-0.2, -0.15) is 0 Å². The van der Waals surface area contributed by atoms with E-state index in [4.69, 9.17) is 4.74 Å². The number of nitrogens with one attached hydrogen (secondary N) is 1. The fourth-order valence-electron chi connectivity index (χ4n) is 2.42. The summed E-state index contributed by atoms with van der Waals surface area (Å²) >= 11 is 1.67. The van der Waals surface area contributed by atoms with Gasteiger partial charge < -0.3 is 14.6 Å². The van der Waals surface area contributed by atoms with Crippen molar-refractivity contribution < 1.29 is 9.53 Å². The molecule has 0 atom stereocenters. The maximum absolute atomic E-state index is 12.3. The molecule has 3 aromatic rings. The van der Waals surface area contributed by atoms with E-state index in [-0.39, 0.29) is 5.91 Å². The molecule has 0 saturated heterocycles. The molecule has 0 saturated carbocycles. The average Bonchev–Trinajstić information content (AvgIpc) is 3.10. The topological polar surface area (TPSA) is 56.1 Å². The van der Waals surface area contributed by atoms with Gasteiger partial charge in [0, 0.05) is 37.3 Å². The van der Waals surface area contributed by atoms with Crippen LogP contribution in [0.1, 0.15) is 21.5 Å². The molecule has 26 heavy (non-hydrogen) atoms. The molecule has 1 aromatic heterocycles. The molecular formula is C20H21N3O2S. The molecule has 0 bridgehead atoms. The van der Waals surface area contributed by atoms with Crippen LogP contribution in [0, 0.1) is 0 Å². The van der Waals surface area contributed by atoms with Crippen molar-refractivity contribution in [2.75, 3.05) is 7.11 Å². The molecular weight excluding hydrogens is 346 g/mol. The number of hydrogen-bond donors (Lipinski definition) is 1. The number of aromatic nitrogens is 2. The molecule has 5 nitrogen and oxygen atoms in total. The summed E-state index contributed by atoms with van der Waals surface area (Å²) in [5.41, 5.74) is 2.84. The third kappa shape index (κ3) is 4.67. The molecule has 1 amide bonds. The Morgan fingerprint density at radius 3 is 2.42 bits per heavy atom. The van der Waals surface area contributed by atoms with Crippen LogP contribution < -0.4 is 10.1 Å². The number of carbonyl (C=O) groups excluding carboxylic acids is 1. The Labute approximate surface area is 157 Å². The van der Waals surface area contributed by atoms with Gasteiger partial charge in [0.1, 0.15) is 5.75 Å². The van der Waals surface area contributed by atoms with Crippen molar-refractivity contribution in [2.24, 2.45) is 7.05 Å². The van der Waals surface area contributed by atoms with Crippen LogP contribution in [-0.2, 0) is 19.3 Å². The number of aryl methyl sites for hydroxylation is 1. The van der Waals surface area contributed by atoms with Gasteiger partial charge in [-0.25, -0.2) is 4.98 Å². The predicted molar refractivity (Wildman–Crippen MR) is 103 cm³/mol. The van der Waals surface area contributed by atoms with Crippen molar-refractivity contribution in [3.63, 3.8) is 0 Å². The second-order valence-corrected chi connectivity index (χ2v) is 6.78. The maximum Gasteiger partial charge on any atom is 0.251 e. The fourth-order valence-corrected chi connectivity index (χ4v) is 3.31. The van der Waals surface area contributed by atoms with E-state index in [0.717, 1.165) is 27.8 Å². The van der Waals surface area contributed by atoms with Gasteiger partial charge in [-0.1, -0.05) is 36.0 Å². The molecule has 0 radical (unpaired) electrons. The Hall–Kier alpha value is -2.73. The predicted octanol–water partition coefficient (Wildman–Crippen LogP) is 3.65. The first-order chi connectivity index (χ1) is 12.7. The number of methoxy groups -OCH3 is 1. The summed E-state index contributed by atoms with van der Waals surface area (Å²) in [5.74, 6) is 1.54. The Morgan fingerprint density at radius 1 is 1.12 bits per heavy atom. The number of ether oxygens (including phenoxy) is 1. The largest absolute Gasteiger partial charge is 0.497 e. The third-order valence-electron chi connectivity index (χ3n) is 3.97. The molecule has 0 fully saturated rings. The van der Waals surface area contributed by atoms with E-state index in [9.17, 15) is 4.79 Å². The molecule has 0 aliphatic rings. The van der Waals surface area contributed by atoms with Crippen molar-refractivity contribution in [1.29, 1.82) is 0 Å². The molecule has 0 spiro atoms. The molecule has 0 unspecified atom stereocenters. The number of imidazole rings is 1. The summed E-state index contributed by atoms with van der Waals surface area (Å²) in [6.45, 7) is 0.486. The van der Waals surface area contributed by atoms with Gasteiger partial charge in [0.15, 0.2) is 5.16 Å². The number of carbonyl (C=O) groups is 1. The van der Waals surface area contributed by atoms with E-state index in [1.54, 1.807) is 25.1 Å². The van der Waals surface area contributed by atoms with E-state index in [0.29, 0.717) is 12.1 Å². The highest BCUT2D eigenvalue weighted by Crippen LogP contribution is 2.20. The van der Waals surface area contributed by atoms with E-state index < -0.39 is 0 Å². The summed E-state index contributed by atoms with van der Waals surface area (Å²) in [6.07, 6.45) is 3.72. The van der Waals surface area contributed by atoms with Gasteiger partial charge in [0.25, 0.3) is 5.91 Å². The molecule has 1 N–H and O–H groups in total. The van der Waals surface area contributed by atoms with Crippen LogP contribution in [0.15, 0.2) is 66.1 Å². The smallest absolute Gasteiger partial charge is 0.251 e. The van der Waals surface area contributed by atoms with Crippen LogP contribution in [0.2, 0.25) is 0 Å². The standard InChI is InChI=1S/C20H21N3O2S/c1-23-12-11-21-20(23)26-14-16-3-7-17(8-4-16)19(24)22-13-15-5-9-18(25-2)10-6-15/h3-12H,13-14H2,1-2H3,(H,22,24). The zero-order valence-electron chi connectivity index (χ0n) is 14.8. The van der Waals surface area contributed by atoms with Crippen LogP contribution in [0.4, 0.5) is 0 Å². The molecule has 0 aliphatic carbocycles. The summed E-state index contributed by atoms with van der Waals surface area (Å²) in [5, 5.41) is 3.91. The Morgan fingerprint density at radius 2 is 1.81 bits per heavy atom. The number of hydrogen-bond acceptors (Lipinski definition) is 4. The Kier molecular flexibility index (Phi) is 5.96. The lowest BCUT2D eigenvalue weighted by Gasteiger charge is -2.07. The number of benzene rings is 2. The van der Waals surface area contributed by atoms with Gasteiger partial charge >= 0.3 is 0 Å². The third-order valence-corrected chi connectivity index (χ3v) is 5.10. The van der Waals surface area contributed by atoms with Crippen molar-refractivity contribution in [3.05, 3.63) is 77.6 Å². The minimum atomic E-state index is -0.0795. The minimum Gasteiger partial charge on any atom is -0.497 e. The molecule has 3 rings (SSSR count). The number of rotatable bonds is 7. The number of amides is 1. The van der Waals surface area contributed by atoms with Crippen molar-refractivity contribution >= 4 is 17.7 Å². The minimum absolute atomic E-state index is 0.0795. The molecule has 1 heterocycles. The van der Waals surface area contributed by atoms with E-state index >= 15 is 0 Å². The first kappa shape index (κ1) is 18.1. The highest BCUT2D eigenvalue weighted by atomic mass is 32.2. The SMILES string of the molecule is COc1ccc(CNC(=O)c2ccc(CSc3nccn3C)cc2)cc1. The molecule has 2 aromatic carbocycles. The zero-order valence-corrected chi connectivity index (χ0v) is 15.6. The van der Waals surface area contributed by atoms with Crippen molar-refractivity contribution in [1.82, 2.24) is 14.9 Å². The number of nitrogens with zero attached hydrogens (tertiary/aromatic N) is 2. The lowest BCUT2D eigenvalue weighted by Crippen LogP contribution is -2.22. The summed E-state index contributed by atoms with van der Waals surface area (Å²) in [6, 6.07) is 15.3. The van der Waals surface area contributed by atoms with Crippen LogP contribution in [0.3, 0.4) is 0 Å². The van der Waals surface area contributed by atoms with Crippen molar-refractivity contribution in [2.45, 2.75) is 17.5 Å². The fraction of sp³-hybridized carbons (Fsp3) is 0.200. The normalized spacial score (nSPS) is 10.5. The first-order valence-electron chi connectivity index (χ1n) is 8.26. The first-order valence-corrected chi connectivity index (χ1v) is 9.24. The highest BCUT2D eigenvalue weighted by molar-refractivity contribution is 7.98. The molecule has 0 aliphatic heterocycles. The summed E-state index contributed by atoms with van der Waals surface area (Å²) in [4.78, 5) is 16.6. The van der Waals surface area contributed by atoms with Gasteiger partial charge in [-0.15, -0.1) is 0 Å². The summed E-state index contributed by atoms with van der Waals surface area (Å²) < 4.78 is 7.12. The monoisotopic (exact) mass is 367 g/mol. The van der Waals surface area contributed by atoms with Crippen LogP contribution in [0.5, 0.6) is 5.75 Å². The zero-order chi connectivity index (χ0) is 18.4. The quantitative estimate of drug-likeness (QED) is 0.648. The summed E-state index contributed by atoms with van der Waals surface area (Å²) in [7, 11) is 3.61. The van der Waals surface area contributed by atoms with Crippen LogP contribution >= 0.6 is 11.8 Å². The van der Waals surface area contributed by atoms with Crippen LogP contribution in [0.25, 0.3) is 0 Å². The molecule has 6 heteroatoms. The number of thioether (sulfide) groups is 1. The van der Waals surface area contributed by atoms with Crippen LogP contribution in [-0.4, -0.2) is 22.6 Å². The van der Waals surface area contributed by atoms with Gasteiger partial charge in [0.2, 0.25) is 0 Å². The van der Waals surface area contributed by atoms with Crippen molar-refractivity contribution in [3.8, 4) is 5.75 Å². The van der Waals surface area contributed by atoms with Gasteiger partial charge in [-0.05, 0) is 35.4 Å². The lowest BCUT2D eigenvalue weighted by atomic mass is 10.1. The Bertz CT molecular complexity index is 858. The second-order valence-electron chi connectivity index (χ2n) is 5.84. The average molecular weight is 367 g/mol. The maximum atomic E-state index is 12.3. The Balaban J connectivity index is 1.52. The van der Waals surface area contributed by atoms with E-state index in [1.165, 1.54) is 0 Å². The highest BCUT2D eigenvalue weighted by Gasteiger charge is 2.06. The van der Waals surface area contributed by atoms with Gasteiger partial charge in [0.05, 0.1) is 7.11 Å².